The van der Waals surface area contributed by atoms with Gasteiger partial charge >= 0.3 is 5.97 Å². The molecule has 0 saturated heterocycles. The molecule has 0 aliphatic heterocycles. The van der Waals surface area contributed by atoms with Gasteiger partial charge in [0.15, 0.2) is 0 Å². The van der Waals surface area contributed by atoms with Crippen LogP contribution < -0.4 is 12.4 Å². The summed E-state index contributed by atoms with van der Waals surface area (Å²) in [4.78, 5) is 11.0. The summed E-state index contributed by atoms with van der Waals surface area (Å²) in [5.74, 6) is -0.338. The Balaban J connectivity index is 0. The first kappa shape index (κ1) is 16.9. The molecule has 0 atom stereocenters. The summed E-state index contributed by atoms with van der Waals surface area (Å²) >= 11 is 0. The molecule has 0 aliphatic rings. The van der Waals surface area contributed by atoms with Gasteiger partial charge in [-0.1, -0.05) is 6.58 Å². The van der Waals surface area contributed by atoms with Crippen molar-refractivity contribution < 1.29 is 26.4 Å². The Bertz CT molecular complexity index is 201. The Hall–Kier alpha value is -0.540. The Morgan fingerprint density at radius 1 is 1.40 bits per heavy atom. The molecule has 15 heavy (non-hydrogen) atoms. The van der Waals surface area contributed by atoms with Gasteiger partial charge < -0.3 is 17.1 Å². The zero-order valence-electron chi connectivity index (χ0n) is 10.1. The van der Waals surface area contributed by atoms with E-state index in [0.29, 0.717) is 12.8 Å². The molecular weight excluding hydrogens is 214 g/mol. The molecule has 0 bridgehead atoms. The van der Waals surface area contributed by atoms with Gasteiger partial charge in [-0.3, -0.25) is 4.48 Å². The Kier molecular flexibility index (Phi) is 8.68. The highest BCUT2D eigenvalue weighted by molar-refractivity contribution is 5.81. The summed E-state index contributed by atoms with van der Waals surface area (Å²) in [7, 11) is 0. The van der Waals surface area contributed by atoms with Crippen LogP contribution in [0.25, 0.3) is 0 Å². The van der Waals surface area contributed by atoms with E-state index in [1.807, 2.05) is 0 Å². The number of hydrogen-bond acceptors (Lipinski definition) is 2. The van der Waals surface area contributed by atoms with E-state index >= 15 is 0 Å². The summed E-state index contributed by atoms with van der Waals surface area (Å²) in [6, 6.07) is 0.461. The van der Waals surface area contributed by atoms with E-state index in [1.165, 1.54) is 6.08 Å². The largest absolute Gasteiger partial charge is 1.00 e. The molecule has 0 aromatic carbocycles. The van der Waals surface area contributed by atoms with Gasteiger partial charge in [-0.2, -0.15) is 0 Å². The smallest absolute Gasteiger partial charge is 0.334 e. The summed E-state index contributed by atoms with van der Waals surface area (Å²) < 4.78 is 5.92. The van der Waals surface area contributed by atoms with Gasteiger partial charge in [-0.15, -0.1) is 0 Å². The zero-order chi connectivity index (χ0) is 11.2. The highest BCUT2D eigenvalue weighted by atomic mass is 35.5. The number of carbonyl (C=O) groups excluding carboxylic acids is 1. The fourth-order valence-electron chi connectivity index (χ4n) is 1.54. The van der Waals surface area contributed by atoms with Crippen molar-refractivity contribution in [1.29, 1.82) is 0 Å². The second-order valence-corrected chi connectivity index (χ2v) is 3.74. The van der Waals surface area contributed by atoms with Crippen LogP contribution >= 0.6 is 0 Å². The maximum absolute atomic E-state index is 11.0. The van der Waals surface area contributed by atoms with Crippen LogP contribution in [-0.4, -0.2) is 36.3 Å². The molecule has 0 amide bonds. The van der Waals surface area contributed by atoms with Gasteiger partial charge in [0.2, 0.25) is 6.73 Å². The van der Waals surface area contributed by atoms with E-state index in [9.17, 15) is 4.79 Å². The molecule has 4 heteroatoms. The van der Waals surface area contributed by atoms with Crippen molar-refractivity contribution in [3.63, 3.8) is 0 Å². The molecule has 0 unspecified atom stereocenters. The van der Waals surface area contributed by atoms with E-state index < -0.39 is 0 Å². The topological polar surface area (TPSA) is 26.3 Å². The van der Waals surface area contributed by atoms with E-state index in [-0.39, 0.29) is 18.4 Å². The number of esters is 1. The van der Waals surface area contributed by atoms with Gasteiger partial charge in [0.1, 0.15) is 0 Å². The monoisotopic (exact) mass is 235 g/mol. The zero-order valence-corrected chi connectivity index (χ0v) is 10.9. The Morgan fingerprint density at radius 2 is 1.87 bits per heavy atom. The molecule has 0 N–H and O–H groups in total. The molecule has 0 aromatic rings. The molecule has 0 rings (SSSR count). The standard InChI is InChI=1S/C11H22NO2.ClH/c1-6-11(13)14-9-12(7-2,8-3)10(4)5;/h6,10H,1,7-9H2,2-5H3;1H/q+1;/p-1. The van der Waals surface area contributed by atoms with E-state index in [0.717, 1.165) is 17.6 Å². The first-order chi connectivity index (χ1) is 6.52. The lowest BCUT2D eigenvalue weighted by Gasteiger charge is -2.39. The minimum absolute atomic E-state index is 0. The quantitative estimate of drug-likeness (QED) is 0.254. The summed E-state index contributed by atoms with van der Waals surface area (Å²) in [6.45, 7) is 14.3. The van der Waals surface area contributed by atoms with Crippen LogP contribution in [0.15, 0.2) is 12.7 Å². The number of ether oxygens (including phenoxy) is 1. The SMILES string of the molecule is C=CC(=O)OC[N+](CC)(CC)C(C)C.[Cl-]. The number of quaternary nitrogens is 1. The minimum Gasteiger partial charge on any atom is -1.00 e. The Labute approximate surface area is 99.1 Å². The fraction of sp³-hybridized carbons (Fsp3) is 0.727. The number of halogens is 1. The lowest BCUT2D eigenvalue weighted by molar-refractivity contribution is -0.959. The first-order valence-electron chi connectivity index (χ1n) is 5.17. The molecule has 90 valence electrons. The van der Waals surface area contributed by atoms with Crippen molar-refractivity contribution in [1.82, 2.24) is 0 Å². The van der Waals surface area contributed by atoms with Crippen molar-refractivity contribution in [3.8, 4) is 0 Å². The number of nitrogens with zero attached hydrogens (tertiary/aromatic N) is 1. The van der Waals surface area contributed by atoms with Crippen molar-refractivity contribution >= 4 is 5.97 Å². The number of hydrogen-bond donors (Lipinski definition) is 0. The van der Waals surface area contributed by atoms with Crippen molar-refractivity contribution in [2.45, 2.75) is 33.7 Å². The summed E-state index contributed by atoms with van der Waals surface area (Å²) in [5.41, 5.74) is 0. The Morgan fingerprint density at radius 3 is 2.13 bits per heavy atom. The molecule has 0 radical (unpaired) electrons. The summed E-state index contributed by atoms with van der Waals surface area (Å²) in [5, 5.41) is 0. The molecule has 0 aromatic heterocycles. The van der Waals surface area contributed by atoms with E-state index in [4.69, 9.17) is 4.74 Å². The molecule has 0 spiro atoms. The third-order valence-corrected chi connectivity index (χ3v) is 2.99. The molecular formula is C11H22ClNO2. The molecule has 0 aliphatic carbocycles. The number of rotatable bonds is 6. The minimum atomic E-state index is -0.338. The third-order valence-electron chi connectivity index (χ3n) is 2.99. The van der Waals surface area contributed by atoms with E-state index in [2.05, 4.69) is 34.3 Å². The van der Waals surface area contributed by atoms with Crippen LogP contribution in [0.4, 0.5) is 0 Å². The maximum atomic E-state index is 11.0. The second-order valence-electron chi connectivity index (χ2n) is 3.74. The lowest BCUT2D eigenvalue weighted by Crippen LogP contribution is -3.00. The van der Waals surface area contributed by atoms with Crippen LogP contribution in [0.5, 0.6) is 0 Å². The highest BCUT2D eigenvalue weighted by Gasteiger charge is 2.28. The third kappa shape index (κ3) is 4.67. The van der Waals surface area contributed by atoms with E-state index in [1.54, 1.807) is 0 Å². The van der Waals surface area contributed by atoms with Crippen LogP contribution in [0.1, 0.15) is 27.7 Å². The van der Waals surface area contributed by atoms with Gasteiger partial charge in [-0.05, 0) is 27.7 Å². The highest BCUT2D eigenvalue weighted by Crippen LogP contribution is 2.13. The molecule has 0 saturated carbocycles. The maximum Gasteiger partial charge on any atom is 0.334 e. The predicted molar refractivity (Wildman–Crippen MR) is 57.6 cm³/mol. The second kappa shape index (κ2) is 7.71. The first-order valence-corrected chi connectivity index (χ1v) is 5.17. The summed E-state index contributed by atoms with van der Waals surface area (Å²) in [6.07, 6.45) is 1.21. The van der Waals surface area contributed by atoms with Gasteiger partial charge in [0, 0.05) is 6.08 Å². The average molecular weight is 236 g/mol. The molecule has 0 fully saturated rings. The van der Waals surface area contributed by atoms with Crippen molar-refractivity contribution in [3.05, 3.63) is 12.7 Å². The van der Waals surface area contributed by atoms with Crippen LogP contribution in [0.3, 0.4) is 0 Å². The van der Waals surface area contributed by atoms with Gasteiger partial charge in [-0.25, -0.2) is 4.79 Å². The number of carbonyl (C=O) groups is 1. The van der Waals surface area contributed by atoms with Crippen LogP contribution in [-0.2, 0) is 9.53 Å². The molecule has 0 heterocycles. The van der Waals surface area contributed by atoms with Crippen LogP contribution in [0, 0.1) is 0 Å². The molecule has 3 nitrogen and oxygen atoms in total. The lowest BCUT2D eigenvalue weighted by atomic mass is 10.2. The van der Waals surface area contributed by atoms with Gasteiger partial charge in [0.25, 0.3) is 0 Å². The van der Waals surface area contributed by atoms with Crippen molar-refractivity contribution in [2.75, 3.05) is 19.8 Å². The fourth-order valence-corrected chi connectivity index (χ4v) is 1.54. The van der Waals surface area contributed by atoms with Gasteiger partial charge in [0.05, 0.1) is 19.1 Å². The predicted octanol–water partition coefficient (Wildman–Crippen LogP) is -1.06. The van der Waals surface area contributed by atoms with Crippen LogP contribution in [0.2, 0.25) is 0 Å². The average Bonchev–Trinajstić information content (AvgIpc) is 2.19. The normalized spacial score (nSPS) is 10.7. The van der Waals surface area contributed by atoms with Crippen molar-refractivity contribution in [2.24, 2.45) is 0 Å².